The molecule has 0 aliphatic carbocycles. The second kappa shape index (κ2) is 8.69. The number of hydrogen-bond acceptors (Lipinski definition) is 5. The van der Waals surface area contributed by atoms with Crippen LogP contribution in [0.5, 0.6) is 0 Å². The molecule has 2 amide bonds. The second-order valence-corrected chi connectivity index (χ2v) is 7.64. The highest BCUT2D eigenvalue weighted by molar-refractivity contribution is 7.99. The van der Waals surface area contributed by atoms with E-state index >= 15 is 0 Å². The number of anilines is 1. The molecule has 0 bridgehead atoms. The first kappa shape index (κ1) is 18.2. The topological polar surface area (TPSA) is 70.7 Å². The summed E-state index contributed by atoms with van der Waals surface area (Å²) in [6.07, 6.45) is 0.362. The zero-order valence-electron chi connectivity index (χ0n) is 14.5. The quantitative estimate of drug-likeness (QED) is 0.848. The number of carbonyl (C=O) groups is 2. The molecule has 3 rings (SSSR count). The Balaban J connectivity index is 1.64. The van der Waals surface area contributed by atoms with Gasteiger partial charge in [0.1, 0.15) is 0 Å². The fourth-order valence-electron chi connectivity index (χ4n) is 3.01. The van der Waals surface area contributed by atoms with Gasteiger partial charge in [-0.3, -0.25) is 9.59 Å². The predicted molar refractivity (Wildman–Crippen MR) is 100 cm³/mol. The van der Waals surface area contributed by atoms with Gasteiger partial charge in [-0.25, -0.2) is 0 Å². The lowest BCUT2D eigenvalue weighted by Crippen LogP contribution is -2.43. The number of nitrogens with zero attached hydrogens (tertiary/aromatic N) is 1. The van der Waals surface area contributed by atoms with E-state index in [1.165, 1.54) is 0 Å². The van der Waals surface area contributed by atoms with Crippen LogP contribution in [0.4, 0.5) is 5.69 Å². The van der Waals surface area contributed by atoms with Crippen LogP contribution in [0.25, 0.3) is 0 Å². The molecule has 2 aliphatic heterocycles. The summed E-state index contributed by atoms with van der Waals surface area (Å²) < 4.78 is 5.38. The van der Waals surface area contributed by atoms with Crippen LogP contribution < -0.4 is 10.6 Å². The Morgan fingerprint density at radius 2 is 2.16 bits per heavy atom. The van der Waals surface area contributed by atoms with Crippen molar-refractivity contribution in [1.82, 2.24) is 10.2 Å². The highest BCUT2D eigenvalue weighted by atomic mass is 32.2. The number of hydrogen-bond donors (Lipinski definition) is 2. The molecule has 2 aliphatic rings. The molecule has 136 valence electrons. The van der Waals surface area contributed by atoms with Crippen LogP contribution in [0, 0.1) is 6.92 Å². The lowest BCUT2D eigenvalue weighted by Gasteiger charge is -2.26. The number of morpholine rings is 1. The maximum absolute atomic E-state index is 12.6. The monoisotopic (exact) mass is 363 g/mol. The van der Waals surface area contributed by atoms with Gasteiger partial charge in [-0.05, 0) is 24.6 Å². The maximum atomic E-state index is 12.6. The van der Waals surface area contributed by atoms with Crippen LogP contribution in [0.3, 0.4) is 0 Å². The Hall–Kier alpha value is -1.57. The number of benzene rings is 1. The molecule has 2 saturated heterocycles. The first-order valence-corrected chi connectivity index (χ1v) is 9.87. The van der Waals surface area contributed by atoms with Gasteiger partial charge in [0.15, 0.2) is 0 Å². The highest BCUT2D eigenvalue weighted by Gasteiger charge is 2.20. The maximum Gasteiger partial charge on any atom is 0.253 e. The van der Waals surface area contributed by atoms with E-state index in [1.807, 2.05) is 35.7 Å². The smallest absolute Gasteiger partial charge is 0.253 e. The SMILES string of the molecule is Cc1ccc(C(=O)N2CCSCC2)cc1NC(=O)CC1COCCN1. The summed E-state index contributed by atoms with van der Waals surface area (Å²) in [6, 6.07) is 5.57. The fourth-order valence-corrected chi connectivity index (χ4v) is 3.92. The van der Waals surface area contributed by atoms with Gasteiger partial charge in [0, 0.05) is 54.9 Å². The molecule has 1 atom stereocenters. The van der Waals surface area contributed by atoms with Gasteiger partial charge in [0.05, 0.1) is 13.2 Å². The van der Waals surface area contributed by atoms with Crippen LogP contribution in [0.1, 0.15) is 22.3 Å². The molecule has 0 saturated carbocycles. The van der Waals surface area contributed by atoms with E-state index in [4.69, 9.17) is 4.74 Å². The van der Waals surface area contributed by atoms with Crippen molar-refractivity contribution < 1.29 is 14.3 Å². The Morgan fingerprint density at radius 1 is 1.36 bits per heavy atom. The third-order valence-corrected chi connectivity index (χ3v) is 5.43. The van der Waals surface area contributed by atoms with Crippen LogP contribution in [0.2, 0.25) is 0 Å². The summed E-state index contributed by atoms with van der Waals surface area (Å²) >= 11 is 1.87. The number of amides is 2. The fraction of sp³-hybridized carbons (Fsp3) is 0.556. The van der Waals surface area contributed by atoms with Crippen molar-refractivity contribution in [3.05, 3.63) is 29.3 Å². The van der Waals surface area contributed by atoms with Crippen LogP contribution >= 0.6 is 11.8 Å². The van der Waals surface area contributed by atoms with E-state index in [2.05, 4.69) is 10.6 Å². The number of aryl methyl sites for hydroxylation is 1. The van der Waals surface area contributed by atoms with E-state index in [1.54, 1.807) is 6.07 Å². The van der Waals surface area contributed by atoms with Crippen molar-refractivity contribution in [3.8, 4) is 0 Å². The number of thioether (sulfide) groups is 1. The van der Waals surface area contributed by atoms with Crippen LogP contribution in [0.15, 0.2) is 18.2 Å². The lowest BCUT2D eigenvalue weighted by atomic mass is 10.1. The molecule has 2 heterocycles. The molecule has 0 spiro atoms. The minimum atomic E-state index is -0.0647. The number of ether oxygens (including phenoxy) is 1. The predicted octanol–water partition coefficient (Wildman–Crippen LogP) is 1.50. The Kier molecular flexibility index (Phi) is 6.34. The molecule has 1 aromatic carbocycles. The van der Waals surface area contributed by atoms with Gasteiger partial charge in [0.25, 0.3) is 5.91 Å². The highest BCUT2D eigenvalue weighted by Crippen LogP contribution is 2.20. The molecule has 25 heavy (non-hydrogen) atoms. The summed E-state index contributed by atoms with van der Waals surface area (Å²) in [5.41, 5.74) is 2.29. The minimum absolute atomic E-state index is 0.0400. The van der Waals surface area contributed by atoms with Gasteiger partial charge < -0.3 is 20.3 Å². The Bertz CT molecular complexity index is 626. The van der Waals surface area contributed by atoms with Gasteiger partial charge in [-0.15, -0.1) is 0 Å². The van der Waals surface area contributed by atoms with E-state index in [9.17, 15) is 9.59 Å². The normalized spacial score (nSPS) is 21.0. The number of rotatable bonds is 4. The van der Waals surface area contributed by atoms with Gasteiger partial charge >= 0.3 is 0 Å². The largest absolute Gasteiger partial charge is 0.378 e. The summed E-state index contributed by atoms with van der Waals surface area (Å²) in [7, 11) is 0. The Labute approximate surface area is 152 Å². The summed E-state index contributed by atoms with van der Waals surface area (Å²) in [4.78, 5) is 26.8. The molecule has 7 heteroatoms. The zero-order chi connectivity index (χ0) is 17.6. The van der Waals surface area contributed by atoms with Crippen molar-refractivity contribution in [2.45, 2.75) is 19.4 Å². The van der Waals surface area contributed by atoms with Gasteiger partial charge in [-0.1, -0.05) is 6.07 Å². The zero-order valence-corrected chi connectivity index (χ0v) is 15.4. The first-order valence-electron chi connectivity index (χ1n) is 8.72. The van der Waals surface area contributed by atoms with Crippen molar-refractivity contribution in [2.24, 2.45) is 0 Å². The van der Waals surface area contributed by atoms with Crippen LogP contribution in [-0.4, -0.2) is 67.1 Å². The van der Waals surface area contributed by atoms with E-state index in [-0.39, 0.29) is 17.9 Å². The molecule has 0 aromatic heterocycles. The summed E-state index contributed by atoms with van der Waals surface area (Å²) in [6.45, 7) is 5.52. The average Bonchev–Trinajstić information content (AvgIpc) is 2.64. The van der Waals surface area contributed by atoms with Crippen LogP contribution in [-0.2, 0) is 9.53 Å². The van der Waals surface area contributed by atoms with Gasteiger partial charge in [-0.2, -0.15) is 11.8 Å². The van der Waals surface area contributed by atoms with Gasteiger partial charge in [0.2, 0.25) is 5.91 Å². The Morgan fingerprint density at radius 3 is 2.88 bits per heavy atom. The molecular formula is C18H25N3O3S. The van der Waals surface area contributed by atoms with Crippen molar-refractivity contribution >= 4 is 29.3 Å². The third-order valence-electron chi connectivity index (χ3n) is 4.49. The molecule has 6 nitrogen and oxygen atoms in total. The first-order chi connectivity index (χ1) is 12.1. The molecule has 0 radical (unpaired) electrons. The lowest BCUT2D eigenvalue weighted by molar-refractivity contribution is -0.117. The standard InChI is InChI=1S/C18H25N3O3S/c1-13-2-3-14(18(23)21-5-8-25-9-6-21)10-16(13)20-17(22)11-15-12-24-7-4-19-15/h2-3,10,15,19H,4-9,11-12H2,1H3,(H,20,22). The summed E-state index contributed by atoms with van der Waals surface area (Å²) in [5.74, 6) is 1.94. The van der Waals surface area contributed by atoms with Crippen molar-refractivity contribution in [2.75, 3.05) is 49.7 Å². The molecule has 1 aromatic rings. The average molecular weight is 363 g/mol. The molecule has 2 fully saturated rings. The molecular weight excluding hydrogens is 338 g/mol. The van der Waals surface area contributed by atoms with E-state index in [0.29, 0.717) is 30.9 Å². The minimum Gasteiger partial charge on any atom is -0.378 e. The summed E-state index contributed by atoms with van der Waals surface area (Å²) in [5, 5.41) is 6.22. The van der Waals surface area contributed by atoms with Crippen molar-refractivity contribution in [1.29, 1.82) is 0 Å². The van der Waals surface area contributed by atoms with Crippen molar-refractivity contribution in [3.63, 3.8) is 0 Å². The number of carbonyl (C=O) groups excluding carboxylic acids is 2. The molecule has 1 unspecified atom stereocenters. The van der Waals surface area contributed by atoms with E-state index < -0.39 is 0 Å². The number of nitrogens with one attached hydrogen (secondary N) is 2. The van der Waals surface area contributed by atoms with E-state index in [0.717, 1.165) is 36.7 Å². The third kappa shape index (κ3) is 4.96. The molecule has 2 N–H and O–H groups in total. The second-order valence-electron chi connectivity index (χ2n) is 6.41.